The Hall–Kier alpha value is -0.530. The van der Waals surface area contributed by atoms with Crippen molar-refractivity contribution >= 4 is 5.84 Å². The largest absolute Gasteiger partial charge is 0.360 e. The van der Waals surface area contributed by atoms with Gasteiger partial charge in [0, 0.05) is 25.6 Å². The van der Waals surface area contributed by atoms with Crippen LogP contribution in [0.2, 0.25) is 0 Å². The summed E-state index contributed by atoms with van der Waals surface area (Å²) in [5, 5.41) is 0. The van der Waals surface area contributed by atoms with Crippen LogP contribution in [0.1, 0.15) is 27.2 Å². The highest BCUT2D eigenvalue weighted by atomic mass is 15.2. The molecule has 0 aromatic carbocycles. The first-order chi connectivity index (χ1) is 5.13. The molecule has 1 atom stereocenters. The van der Waals surface area contributed by atoms with Crippen molar-refractivity contribution in [3.8, 4) is 0 Å². The molecule has 0 saturated carbocycles. The average Bonchev–Trinajstić information content (AvgIpc) is 1.94. The van der Waals surface area contributed by atoms with Crippen LogP contribution in [-0.2, 0) is 0 Å². The molecule has 0 aromatic heterocycles. The molecule has 0 aliphatic carbocycles. The van der Waals surface area contributed by atoms with E-state index in [0.717, 1.165) is 6.54 Å². The summed E-state index contributed by atoms with van der Waals surface area (Å²) in [5.74, 6) is 1.84. The van der Waals surface area contributed by atoms with E-state index in [0.29, 0.717) is 12.0 Å². The summed E-state index contributed by atoms with van der Waals surface area (Å²) in [6.45, 7) is 7.68. The zero-order valence-electron chi connectivity index (χ0n) is 7.96. The van der Waals surface area contributed by atoms with Crippen LogP contribution in [-0.4, -0.2) is 30.4 Å². The van der Waals surface area contributed by atoms with Crippen LogP contribution in [0, 0.1) is 5.92 Å². The predicted molar refractivity (Wildman–Crippen MR) is 49.0 cm³/mol. The van der Waals surface area contributed by atoms with Gasteiger partial charge in [-0.25, -0.2) is 0 Å². The summed E-state index contributed by atoms with van der Waals surface area (Å²) in [6, 6.07) is 0.671. The van der Waals surface area contributed by atoms with Crippen LogP contribution in [0.15, 0.2) is 4.99 Å². The van der Waals surface area contributed by atoms with E-state index in [9.17, 15) is 0 Å². The molecule has 1 aliphatic heterocycles. The zero-order valence-corrected chi connectivity index (χ0v) is 7.96. The van der Waals surface area contributed by atoms with E-state index >= 15 is 0 Å². The number of amidine groups is 1. The summed E-state index contributed by atoms with van der Waals surface area (Å²) in [6.07, 6.45) is 1.20. The maximum atomic E-state index is 4.50. The van der Waals surface area contributed by atoms with Crippen molar-refractivity contribution in [2.45, 2.75) is 33.2 Å². The van der Waals surface area contributed by atoms with Crippen molar-refractivity contribution in [1.29, 1.82) is 0 Å². The van der Waals surface area contributed by atoms with Gasteiger partial charge in [-0.3, -0.25) is 4.99 Å². The summed E-state index contributed by atoms with van der Waals surface area (Å²) in [5.41, 5.74) is 0. The molecule has 0 fully saturated rings. The second-order valence-electron chi connectivity index (χ2n) is 3.64. The Bertz CT molecular complexity index is 161. The minimum Gasteiger partial charge on any atom is -0.360 e. The molecule has 64 valence electrons. The normalized spacial score (nSPS) is 25.7. The lowest BCUT2D eigenvalue weighted by atomic mass is 10.1. The van der Waals surface area contributed by atoms with Crippen LogP contribution in [0.5, 0.6) is 0 Å². The summed E-state index contributed by atoms with van der Waals surface area (Å²) >= 11 is 0. The molecule has 1 rings (SSSR count). The third-order valence-corrected chi connectivity index (χ3v) is 2.36. The highest BCUT2D eigenvalue weighted by molar-refractivity contribution is 5.84. The lowest BCUT2D eigenvalue weighted by molar-refractivity contribution is 0.338. The fraction of sp³-hybridized carbons (Fsp3) is 0.889. The van der Waals surface area contributed by atoms with E-state index in [2.05, 4.69) is 37.7 Å². The Morgan fingerprint density at radius 2 is 2.18 bits per heavy atom. The van der Waals surface area contributed by atoms with E-state index < -0.39 is 0 Å². The van der Waals surface area contributed by atoms with Crippen molar-refractivity contribution in [2.24, 2.45) is 10.9 Å². The highest BCUT2D eigenvalue weighted by Gasteiger charge is 2.19. The van der Waals surface area contributed by atoms with Gasteiger partial charge >= 0.3 is 0 Å². The minimum absolute atomic E-state index is 0.572. The van der Waals surface area contributed by atoms with Gasteiger partial charge in [0.05, 0.1) is 0 Å². The second kappa shape index (κ2) is 3.24. The van der Waals surface area contributed by atoms with Gasteiger partial charge in [-0.1, -0.05) is 13.8 Å². The van der Waals surface area contributed by atoms with E-state index in [1.807, 2.05) is 0 Å². The van der Waals surface area contributed by atoms with Crippen molar-refractivity contribution in [1.82, 2.24) is 4.90 Å². The van der Waals surface area contributed by atoms with E-state index in [1.165, 1.54) is 12.3 Å². The molecule has 0 spiro atoms. The molecule has 0 N–H and O–H groups in total. The van der Waals surface area contributed by atoms with Crippen LogP contribution >= 0.6 is 0 Å². The molecule has 0 unspecified atom stereocenters. The Labute approximate surface area is 69.3 Å². The quantitative estimate of drug-likeness (QED) is 0.562. The van der Waals surface area contributed by atoms with Crippen LogP contribution in [0.3, 0.4) is 0 Å². The maximum absolute atomic E-state index is 4.50. The lowest BCUT2D eigenvalue weighted by Gasteiger charge is -2.33. The molecule has 0 amide bonds. The summed E-state index contributed by atoms with van der Waals surface area (Å²) in [7, 11) is 2.14. The molecule has 2 heteroatoms. The number of rotatable bonds is 1. The Balaban J connectivity index is 2.70. The number of hydrogen-bond donors (Lipinski definition) is 0. The van der Waals surface area contributed by atoms with Gasteiger partial charge in [-0.05, 0) is 13.3 Å². The smallest absolute Gasteiger partial charge is 0.101 e. The number of hydrogen-bond acceptors (Lipinski definition) is 2. The standard InChI is InChI=1S/C9H18N2/c1-7(2)9-10-6-5-8(3)11(9)4/h7-8H,5-6H2,1-4H3/t8-/m0/s1. The molecule has 0 bridgehead atoms. The average molecular weight is 154 g/mol. The molecule has 0 aromatic rings. The van der Waals surface area contributed by atoms with Crippen LogP contribution < -0.4 is 0 Å². The van der Waals surface area contributed by atoms with E-state index in [1.54, 1.807) is 0 Å². The van der Waals surface area contributed by atoms with Crippen molar-refractivity contribution < 1.29 is 0 Å². The van der Waals surface area contributed by atoms with Crippen molar-refractivity contribution in [2.75, 3.05) is 13.6 Å². The van der Waals surface area contributed by atoms with E-state index in [4.69, 9.17) is 0 Å². The van der Waals surface area contributed by atoms with Gasteiger partial charge in [-0.2, -0.15) is 0 Å². The number of nitrogens with zero attached hydrogens (tertiary/aromatic N) is 2. The first kappa shape index (κ1) is 8.57. The van der Waals surface area contributed by atoms with Crippen molar-refractivity contribution in [3.05, 3.63) is 0 Å². The number of aliphatic imine (C=N–C) groups is 1. The van der Waals surface area contributed by atoms with Crippen LogP contribution in [0.25, 0.3) is 0 Å². The Morgan fingerprint density at radius 1 is 1.55 bits per heavy atom. The van der Waals surface area contributed by atoms with Gasteiger partial charge in [0.25, 0.3) is 0 Å². The molecule has 1 aliphatic rings. The van der Waals surface area contributed by atoms with Gasteiger partial charge < -0.3 is 4.90 Å². The molecular formula is C9H18N2. The van der Waals surface area contributed by atoms with Gasteiger partial charge in [0.2, 0.25) is 0 Å². The summed E-state index contributed by atoms with van der Waals surface area (Å²) < 4.78 is 0. The first-order valence-electron chi connectivity index (χ1n) is 4.40. The molecule has 0 radical (unpaired) electrons. The second-order valence-corrected chi connectivity index (χ2v) is 3.64. The monoisotopic (exact) mass is 154 g/mol. The fourth-order valence-electron chi connectivity index (χ4n) is 1.49. The van der Waals surface area contributed by atoms with Crippen molar-refractivity contribution in [3.63, 3.8) is 0 Å². The molecule has 2 nitrogen and oxygen atoms in total. The van der Waals surface area contributed by atoms with Gasteiger partial charge in [-0.15, -0.1) is 0 Å². The summed E-state index contributed by atoms with van der Waals surface area (Å²) in [4.78, 5) is 6.80. The van der Waals surface area contributed by atoms with Crippen LogP contribution in [0.4, 0.5) is 0 Å². The zero-order chi connectivity index (χ0) is 8.43. The molecular weight excluding hydrogens is 136 g/mol. The SMILES string of the molecule is CC(C)C1=NCC[C@H](C)N1C. The maximum Gasteiger partial charge on any atom is 0.101 e. The highest BCUT2D eigenvalue weighted by Crippen LogP contribution is 2.13. The minimum atomic E-state index is 0.572. The Morgan fingerprint density at radius 3 is 2.64 bits per heavy atom. The molecule has 1 heterocycles. The third kappa shape index (κ3) is 1.73. The Kier molecular flexibility index (Phi) is 2.53. The third-order valence-electron chi connectivity index (χ3n) is 2.36. The lowest BCUT2D eigenvalue weighted by Crippen LogP contribution is -2.41. The molecule has 11 heavy (non-hydrogen) atoms. The predicted octanol–water partition coefficient (Wildman–Crippen LogP) is 1.76. The molecule has 0 saturated heterocycles. The van der Waals surface area contributed by atoms with Gasteiger partial charge in [0.15, 0.2) is 0 Å². The first-order valence-corrected chi connectivity index (χ1v) is 4.40. The fourth-order valence-corrected chi connectivity index (χ4v) is 1.49. The van der Waals surface area contributed by atoms with Gasteiger partial charge in [0.1, 0.15) is 5.84 Å². The van der Waals surface area contributed by atoms with E-state index in [-0.39, 0.29) is 0 Å². The topological polar surface area (TPSA) is 15.6 Å².